The lowest BCUT2D eigenvalue weighted by Crippen LogP contribution is -1.99. The van der Waals surface area contributed by atoms with Crippen LogP contribution in [0.3, 0.4) is 0 Å². The van der Waals surface area contributed by atoms with Crippen molar-refractivity contribution in [2.45, 2.75) is 27.3 Å². The summed E-state index contributed by atoms with van der Waals surface area (Å²) in [5.41, 5.74) is 9.99. The summed E-state index contributed by atoms with van der Waals surface area (Å²) < 4.78 is 8.62. The molecular formula is C36H29N3O. The Bertz CT molecular complexity index is 1900. The van der Waals surface area contributed by atoms with E-state index in [9.17, 15) is 5.26 Å². The van der Waals surface area contributed by atoms with Gasteiger partial charge in [-0.2, -0.15) is 5.26 Å². The molecule has 6 rings (SSSR count). The summed E-state index contributed by atoms with van der Waals surface area (Å²) in [6.45, 7) is 7.01. The molecule has 0 atom stereocenters. The lowest BCUT2D eigenvalue weighted by atomic mass is 9.97. The van der Waals surface area contributed by atoms with Gasteiger partial charge in [0.05, 0.1) is 0 Å². The van der Waals surface area contributed by atoms with E-state index in [4.69, 9.17) is 9.41 Å². The van der Waals surface area contributed by atoms with E-state index in [0.29, 0.717) is 17.2 Å². The Balaban J connectivity index is 1.46. The van der Waals surface area contributed by atoms with Crippen LogP contribution in [-0.4, -0.2) is 10.8 Å². The van der Waals surface area contributed by atoms with Gasteiger partial charge in [0.1, 0.15) is 17.4 Å². The van der Waals surface area contributed by atoms with Crippen molar-refractivity contribution in [1.29, 1.82) is 5.26 Å². The van der Waals surface area contributed by atoms with Gasteiger partial charge in [0.25, 0.3) is 0 Å². The molecule has 0 saturated carbocycles. The van der Waals surface area contributed by atoms with Crippen LogP contribution in [0.4, 0.5) is 5.88 Å². The Kier molecular flexibility index (Phi) is 6.64. The number of rotatable bonds is 6. The summed E-state index contributed by atoms with van der Waals surface area (Å²) in [4.78, 5) is 4.78. The molecule has 0 aliphatic carbocycles. The fourth-order valence-electron chi connectivity index (χ4n) is 5.13. The molecule has 40 heavy (non-hydrogen) atoms. The number of aryl methyl sites for hydroxylation is 3. The standard InChI is InChI=1S/C36H29N3O/c1-24-12-16-27(17-13-24)34-32(20-37)36(40-35(34)28-18-14-25(2)15-19-28)38-21-30-23-39(33-11-7-6-10-31(30)33)22-29-9-5-4-8-26(29)3/h4-19,21,23H,22H2,1-3H3. The molecule has 194 valence electrons. The number of hydrogen-bond donors (Lipinski definition) is 0. The number of nitriles is 1. The number of furan rings is 1. The summed E-state index contributed by atoms with van der Waals surface area (Å²) in [5, 5.41) is 11.4. The smallest absolute Gasteiger partial charge is 0.238 e. The Labute approximate surface area is 234 Å². The molecule has 2 aromatic heterocycles. The number of fused-ring (bicyclic) bond motifs is 1. The van der Waals surface area contributed by atoms with Gasteiger partial charge in [0.15, 0.2) is 0 Å². The normalized spacial score (nSPS) is 11.3. The maximum atomic E-state index is 10.3. The fraction of sp³-hybridized carbons (Fsp3) is 0.111. The number of hydrogen-bond acceptors (Lipinski definition) is 3. The number of para-hydroxylation sites is 1. The summed E-state index contributed by atoms with van der Waals surface area (Å²) >= 11 is 0. The average molecular weight is 520 g/mol. The first-order valence-corrected chi connectivity index (χ1v) is 13.4. The number of aliphatic imine (C=N–C) groups is 1. The predicted molar refractivity (Wildman–Crippen MR) is 163 cm³/mol. The van der Waals surface area contributed by atoms with Gasteiger partial charge in [0, 0.05) is 46.5 Å². The second-order valence-electron chi connectivity index (χ2n) is 10.2. The van der Waals surface area contributed by atoms with Crippen molar-refractivity contribution < 1.29 is 4.42 Å². The molecular weight excluding hydrogens is 490 g/mol. The van der Waals surface area contributed by atoms with Gasteiger partial charge in [-0.05, 0) is 43.5 Å². The van der Waals surface area contributed by atoms with E-state index in [2.05, 4.69) is 104 Å². The lowest BCUT2D eigenvalue weighted by molar-refractivity contribution is 0.593. The van der Waals surface area contributed by atoms with Gasteiger partial charge in [0.2, 0.25) is 5.88 Å². The molecule has 4 aromatic carbocycles. The molecule has 0 radical (unpaired) electrons. The van der Waals surface area contributed by atoms with Gasteiger partial charge in [-0.25, -0.2) is 4.99 Å². The summed E-state index contributed by atoms with van der Waals surface area (Å²) in [5.74, 6) is 0.957. The molecule has 0 spiro atoms. The highest BCUT2D eigenvalue weighted by Gasteiger charge is 2.23. The van der Waals surface area contributed by atoms with Crippen molar-refractivity contribution in [3.8, 4) is 28.5 Å². The molecule has 0 amide bonds. The second kappa shape index (κ2) is 10.6. The van der Waals surface area contributed by atoms with Crippen molar-refractivity contribution >= 4 is 23.0 Å². The Morgan fingerprint density at radius 3 is 2.15 bits per heavy atom. The fourth-order valence-corrected chi connectivity index (χ4v) is 5.13. The predicted octanol–water partition coefficient (Wildman–Crippen LogP) is 9.16. The minimum Gasteiger partial charge on any atom is -0.436 e. The summed E-state index contributed by atoms with van der Waals surface area (Å²) in [7, 11) is 0. The molecule has 2 heterocycles. The van der Waals surface area contributed by atoms with Gasteiger partial charge in [-0.15, -0.1) is 0 Å². The van der Waals surface area contributed by atoms with E-state index < -0.39 is 0 Å². The molecule has 4 heteroatoms. The zero-order chi connectivity index (χ0) is 27.6. The van der Waals surface area contributed by atoms with Crippen LogP contribution in [-0.2, 0) is 6.54 Å². The van der Waals surface area contributed by atoms with Crippen molar-refractivity contribution in [3.63, 3.8) is 0 Å². The highest BCUT2D eigenvalue weighted by Crippen LogP contribution is 2.42. The first-order chi connectivity index (χ1) is 19.5. The van der Waals surface area contributed by atoms with Crippen LogP contribution in [0.1, 0.15) is 33.4 Å². The van der Waals surface area contributed by atoms with Gasteiger partial charge in [-0.1, -0.05) is 102 Å². The maximum Gasteiger partial charge on any atom is 0.238 e. The zero-order valence-corrected chi connectivity index (χ0v) is 22.8. The van der Waals surface area contributed by atoms with Crippen LogP contribution < -0.4 is 0 Å². The highest BCUT2D eigenvalue weighted by molar-refractivity contribution is 6.00. The Hall–Kier alpha value is -5.14. The van der Waals surface area contributed by atoms with Gasteiger partial charge >= 0.3 is 0 Å². The van der Waals surface area contributed by atoms with Crippen LogP contribution in [0, 0.1) is 32.1 Å². The summed E-state index contributed by atoms with van der Waals surface area (Å²) in [6, 6.07) is 35.5. The lowest BCUT2D eigenvalue weighted by Gasteiger charge is -2.08. The Morgan fingerprint density at radius 1 is 0.800 bits per heavy atom. The zero-order valence-electron chi connectivity index (χ0n) is 22.8. The third-order valence-corrected chi connectivity index (χ3v) is 7.40. The van der Waals surface area contributed by atoms with Crippen LogP contribution in [0.5, 0.6) is 0 Å². The third-order valence-electron chi connectivity index (χ3n) is 7.40. The average Bonchev–Trinajstić information content (AvgIpc) is 3.52. The Morgan fingerprint density at radius 2 is 1.45 bits per heavy atom. The maximum absolute atomic E-state index is 10.3. The number of benzene rings is 4. The molecule has 0 bridgehead atoms. The first-order valence-electron chi connectivity index (χ1n) is 13.4. The molecule has 0 unspecified atom stereocenters. The molecule has 0 fully saturated rings. The summed E-state index contributed by atoms with van der Waals surface area (Å²) in [6.07, 6.45) is 3.94. The van der Waals surface area contributed by atoms with Crippen molar-refractivity contribution in [1.82, 2.24) is 4.57 Å². The van der Waals surface area contributed by atoms with E-state index in [0.717, 1.165) is 50.8 Å². The topological polar surface area (TPSA) is 54.2 Å². The number of aromatic nitrogens is 1. The van der Waals surface area contributed by atoms with E-state index in [1.54, 1.807) is 0 Å². The van der Waals surface area contributed by atoms with Crippen molar-refractivity contribution in [3.05, 3.63) is 137 Å². The van der Waals surface area contributed by atoms with E-state index >= 15 is 0 Å². The minimum atomic E-state index is 0.310. The monoisotopic (exact) mass is 519 g/mol. The first kappa shape index (κ1) is 25.2. The number of nitrogens with zero attached hydrogens (tertiary/aromatic N) is 3. The largest absolute Gasteiger partial charge is 0.436 e. The molecule has 0 saturated heterocycles. The molecule has 0 aliphatic rings. The van der Waals surface area contributed by atoms with Crippen molar-refractivity contribution in [2.24, 2.45) is 4.99 Å². The third kappa shape index (κ3) is 4.74. The molecule has 0 aliphatic heterocycles. The molecule has 0 N–H and O–H groups in total. The van der Waals surface area contributed by atoms with Crippen molar-refractivity contribution in [2.75, 3.05) is 0 Å². The van der Waals surface area contributed by atoms with Crippen LogP contribution in [0.25, 0.3) is 33.4 Å². The van der Waals surface area contributed by atoms with E-state index in [1.807, 2.05) is 36.5 Å². The van der Waals surface area contributed by atoms with Gasteiger partial charge < -0.3 is 8.98 Å². The van der Waals surface area contributed by atoms with E-state index in [1.165, 1.54) is 11.1 Å². The second-order valence-corrected chi connectivity index (χ2v) is 10.2. The van der Waals surface area contributed by atoms with Gasteiger partial charge in [-0.3, -0.25) is 0 Å². The highest BCUT2D eigenvalue weighted by atomic mass is 16.4. The van der Waals surface area contributed by atoms with Crippen LogP contribution in [0.2, 0.25) is 0 Å². The van der Waals surface area contributed by atoms with E-state index in [-0.39, 0.29) is 0 Å². The van der Waals surface area contributed by atoms with Crippen LogP contribution in [0.15, 0.2) is 113 Å². The molecule has 6 aromatic rings. The van der Waals surface area contributed by atoms with Crippen LogP contribution >= 0.6 is 0 Å². The molecule has 4 nitrogen and oxygen atoms in total. The SMILES string of the molecule is Cc1ccc(-c2oc(N=Cc3cn(Cc4ccccc4C)c4ccccc34)c(C#N)c2-c2ccc(C)cc2)cc1. The quantitative estimate of drug-likeness (QED) is 0.206. The minimum absolute atomic E-state index is 0.310.